The molecule has 2 aliphatic heterocycles. The van der Waals surface area contributed by atoms with E-state index in [2.05, 4.69) is 0 Å². The van der Waals surface area contributed by atoms with Crippen LogP contribution in [0.25, 0.3) is 0 Å². The number of fused-ring (bicyclic) bond motifs is 3. The van der Waals surface area contributed by atoms with Crippen LogP contribution in [0.3, 0.4) is 0 Å². The van der Waals surface area contributed by atoms with Crippen molar-refractivity contribution in [1.82, 2.24) is 9.80 Å². The van der Waals surface area contributed by atoms with Gasteiger partial charge in [-0.15, -0.1) is 0 Å². The van der Waals surface area contributed by atoms with E-state index < -0.39 is 6.04 Å². The molecule has 0 saturated carbocycles. The van der Waals surface area contributed by atoms with Gasteiger partial charge in [-0.25, -0.2) is 0 Å². The number of methoxy groups -OCH3 is 1. The maximum Gasteiger partial charge on any atom is 0.258 e. The largest absolute Gasteiger partial charge is 0.493 e. The topological polar surface area (TPSA) is 92.1 Å². The lowest BCUT2D eigenvalue weighted by Crippen LogP contribution is -2.52. The molecule has 1 aromatic carbocycles. The van der Waals surface area contributed by atoms with Gasteiger partial charge in [-0.05, 0) is 38.0 Å². The average Bonchev–Trinajstić information content (AvgIpc) is 2.76. The third-order valence-corrected chi connectivity index (χ3v) is 5.98. The number of ether oxygens (including phenoxy) is 3. The van der Waals surface area contributed by atoms with Crippen LogP contribution in [-0.2, 0) is 14.3 Å². The second-order valence-corrected chi connectivity index (χ2v) is 7.92. The molecule has 30 heavy (non-hydrogen) atoms. The summed E-state index contributed by atoms with van der Waals surface area (Å²) >= 11 is 0. The average molecular weight is 415 g/mol. The highest BCUT2D eigenvalue weighted by molar-refractivity contribution is 5.99. The van der Waals surface area contributed by atoms with Crippen LogP contribution < -0.4 is 4.74 Å². The number of benzene rings is 1. The number of carbonyl (C=O) groups is 2. The molecule has 2 bridgehead atoms. The van der Waals surface area contributed by atoms with Gasteiger partial charge in [-0.1, -0.05) is 0 Å². The fourth-order valence-electron chi connectivity index (χ4n) is 3.98. The molecule has 1 aromatic rings. The molecule has 8 nitrogen and oxygen atoms in total. The molecule has 3 rings (SSSR count). The van der Waals surface area contributed by atoms with Crippen LogP contribution >= 0.6 is 0 Å². The van der Waals surface area contributed by atoms with Crippen LogP contribution in [0.5, 0.6) is 5.75 Å². The number of likely N-dealkylation sites (N-methyl/N-ethyl adjacent to an activating group) is 2. The monoisotopic (exact) mass is 415 g/mol. The molecule has 2 aliphatic rings. The Balaban J connectivity index is 1.94. The van der Waals surface area contributed by atoms with E-state index in [0.717, 1.165) is 12.8 Å². The Morgan fingerprint density at radius 2 is 1.97 bits per heavy atom. The van der Waals surface area contributed by atoms with Gasteiger partial charge < -0.3 is 24.0 Å². The molecule has 0 spiro atoms. The molecule has 0 unspecified atom stereocenters. The summed E-state index contributed by atoms with van der Waals surface area (Å²) in [4.78, 5) is 29.1. The van der Waals surface area contributed by atoms with Crippen LogP contribution in [0.2, 0.25) is 0 Å². The van der Waals surface area contributed by atoms with Crippen molar-refractivity contribution in [3.63, 3.8) is 0 Å². The van der Waals surface area contributed by atoms with E-state index in [-0.39, 0.29) is 35.7 Å². The summed E-state index contributed by atoms with van der Waals surface area (Å²) < 4.78 is 17.7. The second-order valence-electron chi connectivity index (χ2n) is 7.92. The molecule has 2 heterocycles. The van der Waals surface area contributed by atoms with Gasteiger partial charge in [-0.2, -0.15) is 5.26 Å². The van der Waals surface area contributed by atoms with Gasteiger partial charge in [-0.3, -0.25) is 9.59 Å². The van der Waals surface area contributed by atoms with Gasteiger partial charge in [0.1, 0.15) is 17.9 Å². The van der Waals surface area contributed by atoms with Crippen molar-refractivity contribution >= 4 is 11.8 Å². The van der Waals surface area contributed by atoms with E-state index in [4.69, 9.17) is 14.2 Å². The molecule has 0 aliphatic carbocycles. The predicted molar refractivity (Wildman–Crippen MR) is 109 cm³/mol. The Kier molecular flexibility index (Phi) is 6.95. The van der Waals surface area contributed by atoms with Gasteiger partial charge in [0.2, 0.25) is 5.91 Å². The Morgan fingerprint density at radius 1 is 1.20 bits per heavy atom. The zero-order valence-corrected chi connectivity index (χ0v) is 18.0. The third-order valence-electron chi connectivity index (χ3n) is 5.98. The Bertz CT molecular complexity index is 837. The number of carbonyl (C=O) groups excluding carboxylic acids is 2. The molecule has 2 amide bonds. The normalized spacial score (nSPS) is 28.2. The lowest BCUT2D eigenvalue weighted by molar-refractivity contribution is -0.152. The van der Waals surface area contributed by atoms with Gasteiger partial charge in [0.25, 0.3) is 5.91 Å². The van der Waals surface area contributed by atoms with Crippen LogP contribution in [-0.4, -0.2) is 80.3 Å². The summed E-state index contributed by atoms with van der Waals surface area (Å²) in [6, 6.07) is 6.12. The number of nitrogens with zero attached hydrogens (tertiary/aromatic N) is 3. The summed E-state index contributed by atoms with van der Waals surface area (Å²) in [5.41, 5.74) is 0.637. The Hall–Kier alpha value is -2.63. The van der Waals surface area contributed by atoms with Crippen molar-refractivity contribution in [2.45, 2.75) is 50.5 Å². The minimum absolute atomic E-state index is 0.00882. The molecule has 162 valence electrons. The maximum atomic E-state index is 13.2. The second kappa shape index (κ2) is 9.45. The number of rotatable bonds is 1. The lowest BCUT2D eigenvalue weighted by atomic mass is 9.98. The van der Waals surface area contributed by atoms with Crippen LogP contribution in [0, 0.1) is 11.3 Å². The van der Waals surface area contributed by atoms with Crippen LogP contribution in [0.15, 0.2) is 18.2 Å². The van der Waals surface area contributed by atoms with Crippen molar-refractivity contribution in [2.24, 2.45) is 0 Å². The lowest BCUT2D eigenvalue weighted by Gasteiger charge is -2.39. The zero-order valence-electron chi connectivity index (χ0n) is 18.0. The SMILES string of the molecule is CO[C@H]1CC[C@H]2CCOc3ccc(C#N)cc3C(=O)N(C)[C@@H](C)C(=O)N(C)C[C@H]1O2. The van der Waals surface area contributed by atoms with E-state index in [1.165, 1.54) is 11.0 Å². The first-order valence-corrected chi connectivity index (χ1v) is 10.2. The van der Waals surface area contributed by atoms with Gasteiger partial charge >= 0.3 is 0 Å². The minimum Gasteiger partial charge on any atom is -0.493 e. The van der Waals surface area contributed by atoms with Crippen molar-refractivity contribution in [1.29, 1.82) is 5.26 Å². The number of hydrogen-bond donors (Lipinski definition) is 0. The van der Waals surface area contributed by atoms with Crippen LogP contribution in [0.1, 0.15) is 42.1 Å². The Morgan fingerprint density at radius 3 is 2.67 bits per heavy atom. The fraction of sp³-hybridized carbons (Fsp3) is 0.591. The number of hydrogen-bond acceptors (Lipinski definition) is 6. The van der Waals surface area contributed by atoms with E-state index in [0.29, 0.717) is 30.9 Å². The molecule has 0 N–H and O–H groups in total. The number of nitriles is 1. The van der Waals surface area contributed by atoms with Crippen molar-refractivity contribution in [3.05, 3.63) is 29.3 Å². The van der Waals surface area contributed by atoms with E-state index in [1.54, 1.807) is 45.2 Å². The molecule has 1 fully saturated rings. The summed E-state index contributed by atoms with van der Waals surface area (Å²) in [5.74, 6) is -0.153. The van der Waals surface area contributed by atoms with E-state index in [9.17, 15) is 14.9 Å². The minimum atomic E-state index is -0.690. The quantitative estimate of drug-likeness (QED) is 0.695. The molecular formula is C22H29N3O5. The maximum absolute atomic E-state index is 13.2. The summed E-state index contributed by atoms with van der Waals surface area (Å²) in [6.45, 7) is 2.46. The molecule has 4 atom stereocenters. The Labute approximate surface area is 177 Å². The van der Waals surface area contributed by atoms with Crippen molar-refractivity contribution < 1.29 is 23.8 Å². The summed E-state index contributed by atoms with van der Waals surface area (Å²) in [7, 11) is 4.96. The standard InChI is InChI=1S/C22H29N3O5/c1-14-21(26)24(2)13-20-19(28-4)8-6-16(30-20)9-10-29-18-7-5-15(12-23)11-17(18)22(27)25(14)3/h5,7,11,14,16,19-20H,6,8-10,13H2,1-4H3/t14-,16-,19-,20+/m0/s1. The molecule has 0 radical (unpaired) electrons. The fourth-order valence-corrected chi connectivity index (χ4v) is 3.98. The molecule has 8 heteroatoms. The van der Waals surface area contributed by atoms with E-state index >= 15 is 0 Å². The summed E-state index contributed by atoms with van der Waals surface area (Å²) in [5, 5.41) is 9.23. The van der Waals surface area contributed by atoms with E-state index in [1.807, 2.05) is 6.07 Å². The third kappa shape index (κ3) is 4.58. The first-order valence-electron chi connectivity index (χ1n) is 10.2. The first kappa shape index (κ1) is 22.1. The number of amides is 2. The van der Waals surface area contributed by atoms with Crippen molar-refractivity contribution in [2.75, 3.05) is 34.4 Å². The van der Waals surface area contributed by atoms with Gasteiger partial charge in [0, 0.05) is 34.2 Å². The highest BCUT2D eigenvalue weighted by Crippen LogP contribution is 2.27. The van der Waals surface area contributed by atoms with Crippen LogP contribution in [0.4, 0.5) is 0 Å². The molecular weight excluding hydrogens is 386 g/mol. The zero-order chi connectivity index (χ0) is 21.8. The predicted octanol–water partition coefficient (Wildman–Crippen LogP) is 1.82. The first-order chi connectivity index (χ1) is 14.3. The van der Waals surface area contributed by atoms with Crippen molar-refractivity contribution in [3.8, 4) is 11.8 Å². The van der Waals surface area contributed by atoms with Gasteiger partial charge in [0.05, 0.1) is 36.0 Å². The highest BCUT2D eigenvalue weighted by atomic mass is 16.5. The molecule has 1 saturated heterocycles. The smallest absolute Gasteiger partial charge is 0.258 e. The highest BCUT2D eigenvalue weighted by Gasteiger charge is 2.35. The van der Waals surface area contributed by atoms with Gasteiger partial charge in [0.15, 0.2) is 0 Å². The summed E-state index contributed by atoms with van der Waals surface area (Å²) in [6.07, 6.45) is 2.03. The molecule has 0 aromatic heterocycles.